The van der Waals surface area contributed by atoms with E-state index < -0.39 is 0 Å². The van der Waals surface area contributed by atoms with E-state index in [0.717, 1.165) is 15.2 Å². The van der Waals surface area contributed by atoms with Gasteiger partial charge in [0.25, 0.3) is 5.91 Å². The fourth-order valence-corrected chi connectivity index (χ4v) is 3.39. The van der Waals surface area contributed by atoms with Crippen molar-refractivity contribution in [2.24, 2.45) is 7.05 Å². The average molecular weight is 324 g/mol. The van der Waals surface area contributed by atoms with Crippen LogP contribution >= 0.6 is 11.3 Å². The van der Waals surface area contributed by atoms with Gasteiger partial charge in [-0.2, -0.15) is 5.26 Å². The number of thiazole rings is 1. The first kappa shape index (κ1) is 15.3. The molecule has 0 fully saturated rings. The number of carbonyl (C=O) groups excluding carboxylic acids is 1. The van der Waals surface area contributed by atoms with Crippen LogP contribution < -0.4 is 5.32 Å². The standard InChI is InChI=1S/C17H16N4OS/c1-11(17-20-13-5-3-4-6-15(13)23-17)9-19-16(22)14-7-12(8-18)10-21(14)2/h3-7,10-11H,9H2,1-2H3,(H,19,22)/t11-/m0/s1. The largest absolute Gasteiger partial charge is 0.350 e. The molecule has 2 heterocycles. The van der Waals surface area contributed by atoms with Gasteiger partial charge in [0, 0.05) is 25.7 Å². The summed E-state index contributed by atoms with van der Waals surface area (Å²) in [4.78, 5) is 16.9. The monoisotopic (exact) mass is 324 g/mol. The summed E-state index contributed by atoms with van der Waals surface area (Å²) in [6, 6.07) is 11.7. The predicted octanol–water partition coefficient (Wildman–Crippen LogP) is 3.04. The zero-order chi connectivity index (χ0) is 16.4. The molecule has 0 saturated heterocycles. The van der Waals surface area contributed by atoms with Crippen molar-refractivity contribution in [3.05, 3.63) is 52.8 Å². The smallest absolute Gasteiger partial charge is 0.267 e. The van der Waals surface area contributed by atoms with Gasteiger partial charge < -0.3 is 9.88 Å². The minimum absolute atomic E-state index is 0.132. The number of benzene rings is 1. The van der Waals surface area contributed by atoms with Crippen LogP contribution in [0.5, 0.6) is 0 Å². The van der Waals surface area contributed by atoms with Crippen molar-refractivity contribution < 1.29 is 4.79 Å². The second-order valence-electron chi connectivity index (χ2n) is 5.47. The molecule has 0 saturated carbocycles. The van der Waals surface area contributed by atoms with E-state index in [1.807, 2.05) is 31.2 Å². The second kappa shape index (κ2) is 6.23. The number of fused-ring (bicyclic) bond motifs is 1. The number of aryl methyl sites for hydroxylation is 1. The Morgan fingerprint density at radius 1 is 1.48 bits per heavy atom. The molecule has 1 atom stereocenters. The highest BCUT2D eigenvalue weighted by molar-refractivity contribution is 7.18. The van der Waals surface area contributed by atoms with Crippen LogP contribution in [0.25, 0.3) is 10.2 Å². The highest BCUT2D eigenvalue weighted by Crippen LogP contribution is 2.26. The van der Waals surface area contributed by atoms with Crippen molar-refractivity contribution in [1.29, 1.82) is 5.26 Å². The van der Waals surface area contributed by atoms with E-state index >= 15 is 0 Å². The molecule has 0 radical (unpaired) electrons. The Bertz CT molecular complexity index is 870. The van der Waals surface area contributed by atoms with Gasteiger partial charge in [-0.3, -0.25) is 4.79 Å². The van der Waals surface area contributed by atoms with Crippen molar-refractivity contribution in [3.63, 3.8) is 0 Å². The van der Waals surface area contributed by atoms with Crippen molar-refractivity contribution in [3.8, 4) is 6.07 Å². The SMILES string of the molecule is C[C@@H](CNC(=O)c1cc(C#N)cn1C)c1nc2ccccc2s1. The van der Waals surface area contributed by atoms with Gasteiger partial charge in [0.2, 0.25) is 0 Å². The molecule has 1 amide bonds. The summed E-state index contributed by atoms with van der Waals surface area (Å²) in [7, 11) is 1.76. The lowest BCUT2D eigenvalue weighted by molar-refractivity contribution is 0.0943. The van der Waals surface area contributed by atoms with Crippen molar-refractivity contribution in [2.75, 3.05) is 6.54 Å². The number of nitriles is 1. The average Bonchev–Trinajstić information content (AvgIpc) is 3.15. The lowest BCUT2D eigenvalue weighted by Gasteiger charge is -2.10. The van der Waals surface area contributed by atoms with Crippen LogP contribution in [0.4, 0.5) is 0 Å². The molecule has 116 valence electrons. The lowest BCUT2D eigenvalue weighted by atomic mass is 10.2. The summed E-state index contributed by atoms with van der Waals surface area (Å²) in [6.07, 6.45) is 1.64. The molecule has 3 aromatic rings. The van der Waals surface area contributed by atoms with Gasteiger partial charge in [-0.15, -0.1) is 11.3 Å². The summed E-state index contributed by atoms with van der Waals surface area (Å²) in [6.45, 7) is 2.55. The lowest BCUT2D eigenvalue weighted by Crippen LogP contribution is -2.28. The molecule has 0 bridgehead atoms. The molecule has 1 aromatic carbocycles. The maximum absolute atomic E-state index is 12.2. The van der Waals surface area contributed by atoms with E-state index in [4.69, 9.17) is 5.26 Å². The van der Waals surface area contributed by atoms with Crippen LogP contribution in [-0.2, 0) is 7.05 Å². The topological polar surface area (TPSA) is 70.7 Å². The van der Waals surface area contributed by atoms with Crippen LogP contribution in [0, 0.1) is 11.3 Å². The Morgan fingerprint density at radius 2 is 2.26 bits per heavy atom. The summed E-state index contributed by atoms with van der Waals surface area (Å²) < 4.78 is 2.82. The van der Waals surface area contributed by atoms with Gasteiger partial charge in [0.15, 0.2) is 0 Å². The van der Waals surface area contributed by atoms with Crippen LogP contribution in [0.3, 0.4) is 0 Å². The molecule has 23 heavy (non-hydrogen) atoms. The number of nitrogens with one attached hydrogen (secondary N) is 1. The van der Waals surface area contributed by atoms with Crippen molar-refractivity contribution in [1.82, 2.24) is 14.9 Å². The molecule has 1 N–H and O–H groups in total. The van der Waals surface area contributed by atoms with E-state index in [0.29, 0.717) is 17.8 Å². The second-order valence-corrected chi connectivity index (χ2v) is 6.53. The number of para-hydroxylation sites is 1. The van der Waals surface area contributed by atoms with E-state index in [1.165, 1.54) is 0 Å². The summed E-state index contributed by atoms with van der Waals surface area (Å²) in [5, 5.41) is 12.8. The summed E-state index contributed by atoms with van der Waals surface area (Å²) >= 11 is 1.65. The van der Waals surface area contributed by atoms with Gasteiger partial charge in [-0.1, -0.05) is 19.1 Å². The third-order valence-electron chi connectivity index (χ3n) is 3.67. The molecular formula is C17H16N4OS. The Labute approximate surface area is 138 Å². The van der Waals surface area contributed by atoms with E-state index in [1.54, 1.807) is 35.2 Å². The Morgan fingerprint density at radius 3 is 2.96 bits per heavy atom. The highest BCUT2D eigenvalue weighted by Gasteiger charge is 2.15. The Hall–Kier alpha value is -2.65. The number of hydrogen-bond acceptors (Lipinski definition) is 4. The van der Waals surface area contributed by atoms with Crippen LogP contribution in [0.15, 0.2) is 36.5 Å². The van der Waals surface area contributed by atoms with Crippen LogP contribution in [-0.4, -0.2) is 22.0 Å². The Kier molecular flexibility index (Phi) is 4.13. The number of rotatable bonds is 4. The molecule has 0 unspecified atom stereocenters. The van der Waals surface area contributed by atoms with Gasteiger partial charge in [-0.25, -0.2) is 4.98 Å². The quantitative estimate of drug-likeness (QED) is 0.802. The van der Waals surface area contributed by atoms with Crippen molar-refractivity contribution >= 4 is 27.5 Å². The maximum atomic E-state index is 12.2. The van der Waals surface area contributed by atoms with Gasteiger partial charge in [0.1, 0.15) is 11.8 Å². The Balaban J connectivity index is 1.68. The minimum atomic E-state index is -0.179. The first-order chi connectivity index (χ1) is 11.1. The normalized spacial score (nSPS) is 12.0. The van der Waals surface area contributed by atoms with Gasteiger partial charge in [0.05, 0.1) is 20.8 Å². The zero-order valence-corrected chi connectivity index (χ0v) is 13.7. The van der Waals surface area contributed by atoms with Gasteiger partial charge >= 0.3 is 0 Å². The zero-order valence-electron chi connectivity index (χ0n) is 12.9. The molecule has 5 nitrogen and oxygen atoms in total. The molecule has 0 aliphatic heterocycles. The fourth-order valence-electron chi connectivity index (χ4n) is 2.38. The molecule has 2 aromatic heterocycles. The fraction of sp³-hybridized carbons (Fsp3) is 0.235. The third kappa shape index (κ3) is 3.10. The highest BCUT2D eigenvalue weighted by atomic mass is 32.1. The number of hydrogen-bond donors (Lipinski definition) is 1. The van der Waals surface area contributed by atoms with Crippen molar-refractivity contribution in [2.45, 2.75) is 12.8 Å². The number of aromatic nitrogens is 2. The third-order valence-corrected chi connectivity index (χ3v) is 4.94. The van der Waals surface area contributed by atoms with Gasteiger partial charge in [-0.05, 0) is 18.2 Å². The van der Waals surface area contributed by atoms with E-state index in [-0.39, 0.29) is 11.8 Å². The molecule has 0 aliphatic rings. The summed E-state index contributed by atoms with van der Waals surface area (Å²) in [5.74, 6) is -0.0472. The van der Waals surface area contributed by atoms with Crippen LogP contribution in [0.2, 0.25) is 0 Å². The predicted molar refractivity (Wildman–Crippen MR) is 90.5 cm³/mol. The van der Waals surface area contributed by atoms with E-state index in [2.05, 4.69) is 16.4 Å². The maximum Gasteiger partial charge on any atom is 0.267 e. The first-order valence-corrected chi connectivity index (χ1v) is 8.10. The molecular weight excluding hydrogens is 308 g/mol. The number of carbonyl (C=O) groups is 1. The summed E-state index contributed by atoms with van der Waals surface area (Å²) in [5.41, 5.74) is 1.96. The minimum Gasteiger partial charge on any atom is -0.350 e. The number of amides is 1. The molecule has 0 aliphatic carbocycles. The molecule has 3 rings (SSSR count). The van der Waals surface area contributed by atoms with Crippen LogP contribution in [0.1, 0.15) is 33.9 Å². The molecule has 0 spiro atoms. The molecule has 6 heteroatoms. The first-order valence-electron chi connectivity index (χ1n) is 7.28. The number of nitrogens with zero attached hydrogens (tertiary/aromatic N) is 3. The van der Waals surface area contributed by atoms with E-state index in [9.17, 15) is 4.79 Å².